The summed E-state index contributed by atoms with van der Waals surface area (Å²) >= 11 is 3.38. The van der Waals surface area contributed by atoms with Gasteiger partial charge in [0.1, 0.15) is 0 Å². The van der Waals surface area contributed by atoms with Crippen molar-refractivity contribution in [3.05, 3.63) is 34.3 Å². The second-order valence-corrected chi connectivity index (χ2v) is 4.77. The van der Waals surface area contributed by atoms with Crippen LogP contribution in [-0.2, 0) is 0 Å². The molecule has 0 aliphatic carbocycles. The molecular weight excluding hydrogens is 254 g/mol. The Bertz CT molecular complexity index is 349. The smallest absolute Gasteiger partial charge is 0.177 e. The van der Waals surface area contributed by atoms with Crippen LogP contribution in [0.15, 0.2) is 28.7 Å². The zero-order valence-corrected chi connectivity index (χ0v) is 10.9. The van der Waals surface area contributed by atoms with Crippen molar-refractivity contribution in [2.24, 2.45) is 0 Å². The van der Waals surface area contributed by atoms with Crippen LogP contribution in [-0.4, -0.2) is 30.3 Å². The Morgan fingerprint density at radius 1 is 1.40 bits per heavy atom. The maximum absolute atomic E-state index is 11.9. The molecule has 0 aliphatic rings. The normalized spacial score (nSPS) is 11.1. The van der Waals surface area contributed by atoms with Crippen LogP contribution in [0.5, 0.6) is 0 Å². The van der Waals surface area contributed by atoms with Gasteiger partial charge in [-0.1, -0.05) is 34.1 Å². The van der Waals surface area contributed by atoms with E-state index in [0.717, 1.165) is 10.0 Å². The van der Waals surface area contributed by atoms with E-state index in [2.05, 4.69) is 29.8 Å². The number of ketones is 1. The molecular formula is C12H16BrNO. The molecule has 0 atom stereocenters. The first-order valence-corrected chi connectivity index (χ1v) is 5.79. The van der Waals surface area contributed by atoms with Crippen molar-refractivity contribution in [3.63, 3.8) is 0 Å². The Kier molecular flexibility index (Phi) is 4.48. The molecule has 2 nitrogen and oxygen atoms in total. The topological polar surface area (TPSA) is 20.3 Å². The fourth-order valence-corrected chi connectivity index (χ4v) is 1.69. The van der Waals surface area contributed by atoms with Gasteiger partial charge in [-0.3, -0.25) is 9.69 Å². The number of likely N-dealkylation sites (N-methyl/N-ethyl adjacent to an activating group) is 1. The predicted molar refractivity (Wildman–Crippen MR) is 66.2 cm³/mol. The Labute approximate surface area is 99.4 Å². The highest BCUT2D eigenvalue weighted by Gasteiger charge is 2.13. The minimum Gasteiger partial charge on any atom is -0.296 e. The van der Waals surface area contributed by atoms with E-state index in [1.54, 1.807) is 0 Å². The van der Waals surface area contributed by atoms with Crippen LogP contribution >= 0.6 is 15.9 Å². The Balaban J connectivity index is 2.74. The van der Waals surface area contributed by atoms with Crippen LogP contribution in [0.2, 0.25) is 0 Å². The van der Waals surface area contributed by atoms with Gasteiger partial charge in [0, 0.05) is 16.1 Å². The molecule has 3 heteroatoms. The molecule has 0 heterocycles. The summed E-state index contributed by atoms with van der Waals surface area (Å²) in [5, 5.41) is 0. The van der Waals surface area contributed by atoms with Gasteiger partial charge in [-0.2, -0.15) is 0 Å². The summed E-state index contributed by atoms with van der Waals surface area (Å²) < 4.78 is 0.868. The van der Waals surface area contributed by atoms with Gasteiger partial charge >= 0.3 is 0 Å². The molecule has 0 saturated carbocycles. The first kappa shape index (κ1) is 12.4. The lowest BCUT2D eigenvalue weighted by atomic mass is 10.1. The summed E-state index contributed by atoms with van der Waals surface area (Å²) in [6, 6.07) is 7.92. The monoisotopic (exact) mass is 269 g/mol. The van der Waals surface area contributed by atoms with Crippen LogP contribution in [0.3, 0.4) is 0 Å². The predicted octanol–water partition coefficient (Wildman–Crippen LogP) is 2.97. The molecule has 0 N–H and O–H groups in total. The van der Waals surface area contributed by atoms with Gasteiger partial charge in [0.15, 0.2) is 5.78 Å². The standard InChI is InChI=1S/C12H16BrNO/c1-9(2)14(3)8-12(15)10-6-4-5-7-11(10)13/h4-7,9H,8H2,1-3H3. The van der Waals surface area contributed by atoms with Gasteiger partial charge in [0.2, 0.25) is 0 Å². The van der Waals surface area contributed by atoms with Crippen molar-refractivity contribution in [2.75, 3.05) is 13.6 Å². The maximum atomic E-state index is 11.9. The number of halogens is 1. The van der Waals surface area contributed by atoms with Crippen molar-refractivity contribution in [2.45, 2.75) is 19.9 Å². The molecule has 0 saturated heterocycles. The van der Waals surface area contributed by atoms with Crippen molar-refractivity contribution in [3.8, 4) is 0 Å². The number of hydrogen-bond acceptors (Lipinski definition) is 2. The number of carbonyl (C=O) groups is 1. The van der Waals surface area contributed by atoms with E-state index in [1.807, 2.05) is 36.2 Å². The quantitative estimate of drug-likeness (QED) is 0.784. The minimum absolute atomic E-state index is 0.152. The summed E-state index contributed by atoms with van der Waals surface area (Å²) in [4.78, 5) is 13.9. The summed E-state index contributed by atoms with van der Waals surface area (Å²) in [7, 11) is 1.96. The second-order valence-electron chi connectivity index (χ2n) is 3.91. The fourth-order valence-electron chi connectivity index (χ4n) is 1.18. The van der Waals surface area contributed by atoms with Gasteiger partial charge in [-0.05, 0) is 27.0 Å². The lowest BCUT2D eigenvalue weighted by Crippen LogP contribution is -2.32. The van der Waals surface area contributed by atoms with Crippen LogP contribution < -0.4 is 0 Å². The molecule has 15 heavy (non-hydrogen) atoms. The number of nitrogens with zero attached hydrogens (tertiary/aromatic N) is 1. The van der Waals surface area contributed by atoms with Crippen LogP contribution in [0.25, 0.3) is 0 Å². The van der Waals surface area contributed by atoms with Gasteiger partial charge in [0.05, 0.1) is 6.54 Å². The van der Waals surface area contributed by atoms with Crippen LogP contribution in [0, 0.1) is 0 Å². The van der Waals surface area contributed by atoms with Crippen LogP contribution in [0.4, 0.5) is 0 Å². The third kappa shape index (κ3) is 3.43. The molecule has 0 bridgehead atoms. The Hall–Kier alpha value is -0.670. The Morgan fingerprint density at radius 2 is 2.00 bits per heavy atom. The van der Waals surface area contributed by atoms with E-state index in [4.69, 9.17) is 0 Å². The number of rotatable bonds is 4. The molecule has 0 spiro atoms. The van der Waals surface area contributed by atoms with E-state index in [9.17, 15) is 4.79 Å². The second kappa shape index (κ2) is 5.42. The fraction of sp³-hybridized carbons (Fsp3) is 0.417. The van der Waals surface area contributed by atoms with Gasteiger partial charge in [-0.25, -0.2) is 0 Å². The summed E-state index contributed by atoms with van der Waals surface area (Å²) in [5.74, 6) is 0.152. The lowest BCUT2D eigenvalue weighted by Gasteiger charge is -2.20. The summed E-state index contributed by atoms with van der Waals surface area (Å²) in [5.41, 5.74) is 0.755. The average molecular weight is 270 g/mol. The van der Waals surface area contributed by atoms with E-state index in [-0.39, 0.29) is 5.78 Å². The molecule has 1 aromatic carbocycles. The molecule has 0 fully saturated rings. The number of carbonyl (C=O) groups excluding carboxylic acids is 1. The third-order valence-corrected chi connectivity index (χ3v) is 3.14. The van der Waals surface area contributed by atoms with Crippen molar-refractivity contribution < 1.29 is 4.79 Å². The van der Waals surface area contributed by atoms with E-state index in [1.165, 1.54) is 0 Å². The zero-order chi connectivity index (χ0) is 11.4. The Morgan fingerprint density at radius 3 is 2.53 bits per heavy atom. The van der Waals surface area contributed by atoms with Gasteiger partial charge in [-0.15, -0.1) is 0 Å². The molecule has 0 aromatic heterocycles. The third-order valence-electron chi connectivity index (χ3n) is 2.45. The molecule has 0 amide bonds. The highest BCUT2D eigenvalue weighted by Crippen LogP contribution is 2.16. The maximum Gasteiger partial charge on any atom is 0.177 e. The van der Waals surface area contributed by atoms with E-state index >= 15 is 0 Å². The first-order chi connectivity index (χ1) is 7.02. The summed E-state index contributed by atoms with van der Waals surface area (Å²) in [6.07, 6.45) is 0. The summed E-state index contributed by atoms with van der Waals surface area (Å²) in [6.45, 7) is 4.61. The molecule has 1 rings (SSSR count). The largest absolute Gasteiger partial charge is 0.296 e. The molecule has 82 valence electrons. The number of Topliss-reactive ketones (excluding diaryl/α,β-unsaturated/α-hetero) is 1. The van der Waals surface area contributed by atoms with E-state index < -0.39 is 0 Å². The van der Waals surface area contributed by atoms with Gasteiger partial charge in [0.25, 0.3) is 0 Å². The highest BCUT2D eigenvalue weighted by atomic mass is 79.9. The average Bonchev–Trinajstić information content (AvgIpc) is 2.18. The first-order valence-electron chi connectivity index (χ1n) is 5.00. The highest BCUT2D eigenvalue weighted by molar-refractivity contribution is 9.10. The van der Waals surface area contributed by atoms with Crippen molar-refractivity contribution >= 4 is 21.7 Å². The number of benzene rings is 1. The molecule has 0 unspecified atom stereocenters. The molecule has 0 radical (unpaired) electrons. The number of hydrogen-bond donors (Lipinski definition) is 0. The minimum atomic E-state index is 0.152. The SMILES string of the molecule is CC(C)N(C)CC(=O)c1ccccc1Br. The lowest BCUT2D eigenvalue weighted by molar-refractivity contribution is 0.0929. The zero-order valence-electron chi connectivity index (χ0n) is 9.33. The van der Waals surface area contributed by atoms with E-state index in [0.29, 0.717) is 12.6 Å². The van der Waals surface area contributed by atoms with Crippen molar-refractivity contribution in [1.29, 1.82) is 0 Å². The molecule has 1 aromatic rings. The van der Waals surface area contributed by atoms with Crippen molar-refractivity contribution in [1.82, 2.24) is 4.90 Å². The van der Waals surface area contributed by atoms with Gasteiger partial charge < -0.3 is 0 Å². The molecule has 0 aliphatic heterocycles. The van der Waals surface area contributed by atoms with Crippen LogP contribution in [0.1, 0.15) is 24.2 Å².